The minimum atomic E-state index is -0.432. The Bertz CT molecular complexity index is 734. The number of nitrogens with one attached hydrogen (secondary N) is 2. The summed E-state index contributed by atoms with van der Waals surface area (Å²) in [5, 5.41) is 27.0. The largest absolute Gasteiger partial charge is 0.460 e. The molecular weight excluding hydrogens is 378 g/mol. The second-order valence-electron chi connectivity index (χ2n) is 5.80. The van der Waals surface area contributed by atoms with E-state index < -0.39 is 4.92 Å². The quantitative estimate of drug-likeness (QED) is 0.512. The summed E-state index contributed by atoms with van der Waals surface area (Å²) in [7, 11) is 0. The van der Waals surface area contributed by atoms with Crippen LogP contribution in [0.1, 0.15) is 5.76 Å². The average Bonchev–Trinajstić information content (AvgIpc) is 3.17. The fraction of sp³-hybridized carbons (Fsp3) is 0.375. The lowest BCUT2D eigenvalue weighted by Crippen LogP contribution is -2.30. The maximum Gasteiger partial charge on any atom is 0.270 e. The molecule has 2 unspecified atom stereocenters. The first-order valence-corrected chi connectivity index (χ1v) is 8.46. The lowest BCUT2D eigenvalue weighted by molar-refractivity contribution is -0.384. The van der Waals surface area contributed by atoms with Gasteiger partial charge in [-0.2, -0.15) is 0 Å². The van der Waals surface area contributed by atoms with Crippen LogP contribution in [-0.4, -0.2) is 35.8 Å². The van der Waals surface area contributed by atoms with Crippen LogP contribution in [0.25, 0.3) is 11.3 Å². The van der Waals surface area contributed by atoms with Crippen molar-refractivity contribution in [1.82, 2.24) is 10.6 Å². The van der Waals surface area contributed by atoms with Crippen LogP contribution in [0.5, 0.6) is 0 Å². The average molecular weight is 396 g/mol. The van der Waals surface area contributed by atoms with Crippen molar-refractivity contribution in [3.05, 3.63) is 50.7 Å². The van der Waals surface area contributed by atoms with Crippen LogP contribution >= 0.6 is 15.9 Å². The zero-order valence-electron chi connectivity index (χ0n) is 12.9. The van der Waals surface area contributed by atoms with Gasteiger partial charge in [-0.15, -0.1) is 0 Å². The number of β-amino-alcohol motifs (C(OH)–C–C–N with tert-alkyl or cyclic N) is 1. The number of benzene rings is 1. The highest BCUT2D eigenvalue weighted by atomic mass is 79.9. The van der Waals surface area contributed by atoms with E-state index in [0.717, 1.165) is 17.9 Å². The van der Waals surface area contributed by atoms with Gasteiger partial charge in [-0.25, -0.2) is 0 Å². The van der Waals surface area contributed by atoms with Gasteiger partial charge in [0.1, 0.15) is 11.5 Å². The molecule has 1 saturated heterocycles. The summed E-state index contributed by atoms with van der Waals surface area (Å²) in [6, 6.07) is 8.30. The Kier molecular flexibility index (Phi) is 5.30. The van der Waals surface area contributed by atoms with Crippen LogP contribution in [0.15, 0.2) is 39.2 Å². The maximum absolute atomic E-state index is 10.8. The van der Waals surface area contributed by atoms with E-state index in [-0.39, 0.29) is 17.7 Å². The molecule has 1 aromatic heterocycles. The summed E-state index contributed by atoms with van der Waals surface area (Å²) in [6.45, 7) is 2.73. The van der Waals surface area contributed by atoms with Crippen LogP contribution in [0.3, 0.4) is 0 Å². The third kappa shape index (κ3) is 3.84. The highest BCUT2D eigenvalue weighted by Crippen LogP contribution is 2.32. The number of rotatable bonds is 6. The van der Waals surface area contributed by atoms with Gasteiger partial charge >= 0.3 is 0 Å². The fourth-order valence-corrected chi connectivity index (χ4v) is 3.31. The Morgan fingerprint density at radius 3 is 2.88 bits per heavy atom. The van der Waals surface area contributed by atoms with Gasteiger partial charge in [0.25, 0.3) is 5.69 Å². The van der Waals surface area contributed by atoms with Crippen LogP contribution in [-0.2, 0) is 6.54 Å². The SMILES string of the molecule is O=[N+]([O-])c1ccc(-c2ccc(CNCC3CNCC3O)o2)c(Br)c1. The van der Waals surface area contributed by atoms with E-state index in [2.05, 4.69) is 26.6 Å². The molecule has 3 N–H and O–H groups in total. The number of halogens is 1. The predicted molar refractivity (Wildman–Crippen MR) is 92.6 cm³/mol. The molecule has 0 aliphatic carbocycles. The summed E-state index contributed by atoms with van der Waals surface area (Å²) >= 11 is 3.35. The molecule has 24 heavy (non-hydrogen) atoms. The second kappa shape index (κ2) is 7.43. The molecule has 0 saturated carbocycles. The second-order valence-corrected chi connectivity index (χ2v) is 6.66. The molecule has 1 aromatic carbocycles. The van der Waals surface area contributed by atoms with Gasteiger partial charge in [0, 0.05) is 47.7 Å². The van der Waals surface area contributed by atoms with Gasteiger partial charge in [-0.3, -0.25) is 10.1 Å². The minimum Gasteiger partial charge on any atom is -0.460 e. The minimum absolute atomic E-state index is 0.0304. The summed E-state index contributed by atoms with van der Waals surface area (Å²) in [5.74, 6) is 1.63. The zero-order chi connectivity index (χ0) is 17.1. The number of non-ortho nitro benzene ring substituents is 1. The van der Waals surface area contributed by atoms with Crippen LogP contribution in [0, 0.1) is 16.0 Å². The summed E-state index contributed by atoms with van der Waals surface area (Å²) in [4.78, 5) is 10.4. The van der Waals surface area contributed by atoms with E-state index in [1.165, 1.54) is 12.1 Å². The topological polar surface area (TPSA) is 101 Å². The molecule has 2 atom stereocenters. The Labute approximate surface area is 147 Å². The Hall–Kier alpha value is -1.74. The van der Waals surface area contributed by atoms with Crippen molar-refractivity contribution in [2.75, 3.05) is 19.6 Å². The van der Waals surface area contributed by atoms with Gasteiger partial charge in [-0.05, 0) is 34.1 Å². The zero-order valence-corrected chi connectivity index (χ0v) is 14.5. The molecule has 128 valence electrons. The summed E-state index contributed by atoms with van der Waals surface area (Å²) < 4.78 is 6.42. The Morgan fingerprint density at radius 1 is 1.38 bits per heavy atom. The lowest BCUT2D eigenvalue weighted by atomic mass is 10.1. The van der Waals surface area contributed by atoms with E-state index >= 15 is 0 Å². The van der Waals surface area contributed by atoms with Crippen molar-refractivity contribution >= 4 is 21.6 Å². The van der Waals surface area contributed by atoms with Crippen molar-refractivity contribution in [3.63, 3.8) is 0 Å². The molecule has 3 rings (SSSR count). The number of furan rings is 1. The first kappa shape index (κ1) is 17.1. The molecular formula is C16H18BrN3O4. The van der Waals surface area contributed by atoms with E-state index in [1.807, 2.05) is 12.1 Å². The van der Waals surface area contributed by atoms with Crippen LogP contribution in [0.2, 0.25) is 0 Å². The maximum atomic E-state index is 10.8. The van der Waals surface area contributed by atoms with Gasteiger partial charge in [0.2, 0.25) is 0 Å². The molecule has 0 spiro atoms. The molecule has 8 heteroatoms. The number of aliphatic hydroxyl groups excluding tert-OH is 1. The molecule has 1 fully saturated rings. The standard InChI is InChI=1S/C16H18BrN3O4/c17-14-5-11(20(22)23)1-3-13(14)16-4-2-12(24-16)8-18-6-10-7-19-9-15(10)21/h1-5,10,15,18-19,21H,6-9H2. The monoisotopic (exact) mass is 395 g/mol. The van der Waals surface area contributed by atoms with E-state index in [0.29, 0.717) is 29.9 Å². The molecule has 7 nitrogen and oxygen atoms in total. The molecule has 0 radical (unpaired) electrons. The summed E-state index contributed by atoms with van der Waals surface area (Å²) in [6.07, 6.45) is -0.305. The number of nitro groups is 1. The van der Waals surface area contributed by atoms with Crippen LogP contribution in [0.4, 0.5) is 5.69 Å². The lowest BCUT2D eigenvalue weighted by Gasteiger charge is -2.13. The first-order chi connectivity index (χ1) is 11.5. The Morgan fingerprint density at radius 2 is 2.21 bits per heavy atom. The van der Waals surface area contributed by atoms with Crippen LogP contribution < -0.4 is 10.6 Å². The molecule has 0 bridgehead atoms. The van der Waals surface area contributed by atoms with Crippen molar-refractivity contribution in [3.8, 4) is 11.3 Å². The van der Waals surface area contributed by atoms with E-state index in [1.54, 1.807) is 6.07 Å². The third-order valence-corrected chi connectivity index (χ3v) is 4.76. The summed E-state index contributed by atoms with van der Waals surface area (Å²) in [5.41, 5.74) is 0.796. The third-order valence-electron chi connectivity index (χ3n) is 4.10. The highest BCUT2D eigenvalue weighted by Gasteiger charge is 2.24. The van der Waals surface area contributed by atoms with Gasteiger partial charge in [-0.1, -0.05) is 0 Å². The number of hydrogen-bond donors (Lipinski definition) is 3. The van der Waals surface area contributed by atoms with Gasteiger partial charge < -0.3 is 20.2 Å². The molecule has 0 amide bonds. The normalized spacial score (nSPS) is 20.4. The fourth-order valence-electron chi connectivity index (χ4n) is 2.74. The van der Waals surface area contributed by atoms with Crippen molar-refractivity contribution in [2.45, 2.75) is 12.6 Å². The molecule has 2 aromatic rings. The van der Waals surface area contributed by atoms with E-state index in [4.69, 9.17) is 4.42 Å². The number of nitro benzene ring substituents is 1. The number of hydrogen-bond acceptors (Lipinski definition) is 6. The number of aliphatic hydroxyl groups is 1. The smallest absolute Gasteiger partial charge is 0.270 e. The molecule has 1 aliphatic rings. The highest BCUT2D eigenvalue weighted by molar-refractivity contribution is 9.10. The predicted octanol–water partition coefficient (Wildman–Crippen LogP) is 2.29. The number of nitrogens with zero attached hydrogens (tertiary/aromatic N) is 1. The molecule has 2 heterocycles. The van der Waals surface area contributed by atoms with Gasteiger partial charge in [0.15, 0.2) is 0 Å². The van der Waals surface area contributed by atoms with Gasteiger partial charge in [0.05, 0.1) is 17.6 Å². The van der Waals surface area contributed by atoms with Crippen molar-refractivity contribution in [2.24, 2.45) is 5.92 Å². The molecule has 1 aliphatic heterocycles. The van der Waals surface area contributed by atoms with Crippen molar-refractivity contribution < 1.29 is 14.4 Å². The van der Waals surface area contributed by atoms with E-state index in [9.17, 15) is 15.2 Å². The first-order valence-electron chi connectivity index (χ1n) is 7.67. The van der Waals surface area contributed by atoms with Crippen molar-refractivity contribution in [1.29, 1.82) is 0 Å². The Balaban J connectivity index is 1.62.